The van der Waals surface area contributed by atoms with Gasteiger partial charge in [-0.3, -0.25) is 14.4 Å². The highest BCUT2D eigenvalue weighted by atomic mass is 16.2. The van der Waals surface area contributed by atoms with Crippen molar-refractivity contribution >= 4 is 17.3 Å². The monoisotopic (exact) mass is 216 g/mol. The molecule has 82 valence electrons. The molecule has 0 aliphatic heterocycles. The van der Waals surface area contributed by atoms with Gasteiger partial charge < -0.3 is 0 Å². The summed E-state index contributed by atoms with van der Waals surface area (Å²) >= 11 is 0. The van der Waals surface area contributed by atoms with E-state index in [1.54, 1.807) is 18.2 Å². The second-order valence-electron chi connectivity index (χ2n) is 3.94. The molecule has 0 fully saturated rings. The van der Waals surface area contributed by atoms with Gasteiger partial charge in [-0.25, -0.2) is 0 Å². The van der Waals surface area contributed by atoms with Crippen LogP contribution in [0.5, 0.6) is 0 Å². The van der Waals surface area contributed by atoms with Crippen molar-refractivity contribution in [1.29, 1.82) is 0 Å². The van der Waals surface area contributed by atoms with E-state index in [0.717, 1.165) is 6.42 Å². The summed E-state index contributed by atoms with van der Waals surface area (Å²) in [6, 6.07) is 6.53. The zero-order valence-corrected chi connectivity index (χ0v) is 9.03. The van der Waals surface area contributed by atoms with Crippen molar-refractivity contribution in [3.8, 4) is 0 Å². The third-order valence-electron chi connectivity index (χ3n) is 2.87. The molecule has 16 heavy (non-hydrogen) atoms. The highest BCUT2D eigenvalue weighted by Crippen LogP contribution is 2.25. The zero-order chi connectivity index (χ0) is 11.7. The van der Waals surface area contributed by atoms with Gasteiger partial charge in [0, 0.05) is 11.1 Å². The SMILES string of the molecule is CCCC1C(=O)C(=O)c2ccccc2C1=O. The minimum Gasteiger partial charge on any atom is -0.293 e. The molecular formula is C13H12O3. The largest absolute Gasteiger partial charge is 0.293 e. The van der Waals surface area contributed by atoms with E-state index >= 15 is 0 Å². The van der Waals surface area contributed by atoms with Crippen LogP contribution in [-0.4, -0.2) is 17.3 Å². The van der Waals surface area contributed by atoms with Crippen molar-refractivity contribution in [3.63, 3.8) is 0 Å². The van der Waals surface area contributed by atoms with Gasteiger partial charge in [0.1, 0.15) is 0 Å². The van der Waals surface area contributed by atoms with E-state index in [-0.39, 0.29) is 11.3 Å². The molecule has 0 radical (unpaired) electrons. The van der Waals surface area contributed by atoms with E-state index in [1.165, 1.54) is 6.07 Å². The highest BCUT2D eigenvalue weighted by Gasteiger charge is 2.39. The molecule has 0 amide bonds. The molecule has 0 aromatic heterocycles. The van der Waals surface area contributed by atoms with Crippen LogP contribution in [0.2, 0.25) is 0 Å². The number of rotatable bonds is 2. The molecule has 0 spiro atoms. The maximum atomic E-state index is 12.0. The van der Waals surface area contributed by atoms with Gasteiger partial charge >= 0.3 is 0 Å². The molecule has 1 aliphatic rings. The summed E-state index contributed by atoms with van der Waals surface area (Å²) in [5.41, 5.74) is 0.649. The second kappa shape index (κ2) is 4.00. The van der Waals surface area contributed by atoms with Crippen molar-refractivity contribution in [3.05, 3.63) is 35.4 Å². The molecule has 0 N–H and O–H groups in total. The van der Waals surface area contributed by atoms with Crippen LogP contribution in [0.15, 0.2) is 24.3 Å². The molecule has 0 saturated heterocycles. The lowest BCUT2D eigenvalue weighted by Gasteiger charge is -2.20. The van der Waals surface area contributed by atoms with Crippen LogP contribution in [0, 0.1) is 5.92 Å². The Morgan fingerprint density at radius 3 is 2.25 bits per heavy atom. The molecule has 1 aliphatic carbocycles. The molecule has 1 aromatic carbocycles. The number of Topliss-reactive ketones (excluding diaryl/α,β-unsaturated/α-hetero) is 3. The molecule has 0 saturated carbocycles. The predicted molar refractivity (Wildman–Crippen MR) is 58.5 cm³/mol. The van der Waals surface area contributed by atoms with Crippen molar-refractivity contribution in [2.75, 3.05) is 0 Å². The first kappa shape index (κ1) is 10.7. The Balaban J connectivity index is 2.52. The fraction of sp³-hybridized carbons (Fsp3) is 0.308. The van der Waals surface area contributed by atoms with E-state index in [1.807, 2.05) is 6.92 Å². The molecule has 0 heterocycles. The maximum Gasteiger partial charge on any atom is 0.230 e. The molecule has 3 heteroatoms. The maximum absolute atomic E-state index is 12.0. The first-order valence-corrected chi connectivity index (χ1v) is 5.38. The fourth-order valence-corrected chi connectivity index (χ4v) is 2.04. The highest BCUT2D eigenvalue weighted by molar-refractivity contribution is 6.51. The Hall–Kier alpha value is -1.77. The molecular weight excluding hydrogens is 204 g/mol. The van der Waals surface area contributed by atoms with Crippen LogP contribution in [0.3, 0.4) is 0 Å². The lowest BCUT2D eigenvalue weighted by molar-refractivity contribution is -0.117. The number of hydrogen-bond acceptors (Lipinski definition) is 3. The van der Waals surface area contributed by atoms with Crippen molar-refractivity contribution in [1.82, 2.24) is 0 Å². The topological polar surface area (TPSA) is 51.2 Å². The summed E-state index contributed by atoms with van der Waals surface area (Å²) in [5, 5.41) is 0. The zero-order valence-electron chi connectivity index (χ0n) is 9.03. The van der Waals surface area contributed by atoms with Crippen molar-refractivity contribution < 1.29 is 14.4 Å². The van der Waals surface area contributed by atoms with Crippen LogP contribution in [0.4, 0.5) is 0 Å². The second-order valence-corrected chi connectivity index (χ2v) is 3.94. The molecule has 0 bridgehead atoms. The number of ketones is 3. The quantitative estimate of drug-likeness (QED) is 0.561. The standard InChI is InChI=1S/C13H12O3/c1-2-5-10-11(14)8-6-3-4-7-9(8)12(15)13(10)16/h3-4,6-7,10H,2,5H2,1H3. The lowest BCUT2D eigenvalue weighted by Crippen LogP contribution is -2.36. The minimum atomic E-state index is -0.757. The third-order valence-corrected chi connectivity index (χ3v) is 2.87. The van der Waals surface area contributed by atoms with E-state index < -0.39 is 17.5 Å². The summed E-state index contributed by atoms with van der Waals surface area (Å²) in [6.45, 7) is 1.89. The van der Waals surface area contributed by atoms with Crippen LogP contribution in [0.25, 0.3) is 0 Å². The Labute approximate surface area is 93.5 Å². The summed E-state index contributed by atoms with van der Waals surface area (Å²) in [5.74, 6) is -2.03. The van der Waals surface area contributed by atoms with Crippen LogP contribution in [-0.2, 0) is 4.79 Å². The molecule has 1 aromatic rings. The van der Waals surface area contributed by atoms with Crippen LogP contribution < -0.4 is 0 Å². The van der Waals surface area contributed by atoms with Gasteiger partial charge in [-0.05, 0) is 6.42 Å². The molecule has 3 nitrogen and oxygen atoms in total. The minimum absolute atomic E-state index is 0.206. The normalized spacial score (nSPS) is 19.8. The first-order chi connectivity index (χ1) is 7.66. The average Bonchev–Trinajstić information content (AvgIpc) is 2.32. The number of hydrogen-bond donors (Lipinski definition) is 0. The fourth-order valence-electron chi connectivity index (χ4n) is 2.04. The Kier molecular flexibility index (Phi) is 2.69. The van der Waals surface area contributed by atoms with Crippen molar-refractivity contribution in [2.45, 2.75) is 19.8 Å². The van der Waals surface area contributed by atoms with Crippen molar-refractivity contribution in [2.24, 2.45) is 5.92 Å². The summed E-state index contributed by atoms with van der Waals surface area (Å²) < 4.78 is 0. The van der Waals surface area contributed by atoms with Gasteiger partial charge in [0.15, 0.2) is 5.78 Å². The van der Waals surface area contributed by atoms with Gasteiger partial charge in [0.05, 0.1) is 5.92 Å². The smallest absolute Gasteiger partial charge is 0.230 e. The number of carbonyl (C=O) groups is 3. The Morgan fingerprint density at radius 1 is 1.00 bits per heavy atom. The Morgan fingerprint density at radius 2 is 1.62 bits per heavy atom. The van der Waals surface area contributed by atoms with E-state index in [0.29, 0.717) is 12.0 Å². The lowest BCUT2D eigenvalue weighted by atomic mass is 9.79. The third kappa shape index (κ3) is 1.48. The molecule has 1 atom stereocenters. The van der Waals surface area contributed by atoms with Gasteiger partial charge in [0.2, 0.25) is 11.6 Å². The summed E-state index contributed by atoms with van der Waals surface area (Å²) in [6.07, 6.45) is 1.18. The number of fused-ring (bicyclic) bond motifs is 1. The van der Waals surface area contributed by atoms with Gasteiger partial charge in [-0.1, -0.05) is 37.6 Å². The van der Waals surface area contributed by atoms with Crippen LogP contribution >= 0.6 is 0 Å². The van der Waals surface area contributed by atoms with Gasteiger partial charge in [0.25, 0.3) is 0 Å². The predicted octanol–water partition coefficient (Wildman–Crippen LogP) is 2.05. The summed E-state index contributed by atoms with van der Waals surface area (Å²) in [7, 11) is 0. The molecule has 1 unspecified atom stereocenters. The average molecular weight is 216 g/mol. The summed E-state index contributed by atoms with van der Waals surface area (Å²) in [4.78, 5) is 35.5. The van der Waals surface area contributed by atoms with Gasteiger partial charge in [-0.2, -0.15) is 0 Å². The van der Waals surface area contributed by atoms with Crippen LogP contribution in [0.1, 0.15) is 40.5 Å². The number of carbonyl (C=O) groups excluding carboxylic acids is 3. The van der Waals surface area contributed by atoms with Gasteiger partial charge in [-0.15, -0.1) is 0 Å². The van der Waals surface area contributed by atoms with E-state index in [9.17, 15) is 14.4 Å². The van der Waals surface area contributed by atoms with E-state index in [2.05, 4.69) is 0 Å². The Bertz CT molecular complexity index is 474. The molecule has 2 rings (SSSR count). The first-order valence-electron chi connectivity index (χ1n) is 5.38. The van der Waals surface area contributed by atoms with E-state index in [4.69, 9.17) is 0 Å². The number of benzene rings is 1.